The lowest BCUT2D eigenvalue weighted by molar-refractivity contribution is -0.117. The highest BCUT2D eigenvalue weighted by Crippen LogP contribution is 2.13. The Kier molecular flexibility index (Phi) is 3.99. The Hall–Kier alpha value is -0.800. The van der Waals surface area contributed by atoms with Crippen LogP contribution in [0.1, 0.15) is 12.5 Å². The number of aliphatic hydroxyl groups excluding tert-OH is 1. The van der Waals surface area contributed by atoms with Gasteiger partial charge >= 0.3 is 0 Å². The van der Waals surface area contributed by atoms with Crippen LogP contribution in [-0.4, -0.2) is 16.3 Å². The maximum Gasteiger partial charge on any atom is 0.217 e. The Balaban J connectivity index is 2.40. The topological polar surface area (TPSA) is 37.3 Å². The van der Waals surface area contributed by atoms with Gasteiger partial charge < -0.3 is 5.11 Å². The third kappa shape index (κ3) is 3.61. The molecule has 0 saturated carbocycles. The molecule has 0 aliphatic rings. The summed E-state index contributed by atoms with van der Waals surface area (Å²) in [4.78, 5) is 11.0. The van der Waals surface area contributed by atoms with Gasteiger partial charge in [-0.25, -0.2) is 0 Å². The molecule has 1 aromatic carbocycles. The molecule has 0 bridgehead atoms. The van der Waals surface area contributed by atoms with E-state index in [1.807, 2.05) is 30.3 Å². The van der Waals surface area contributed by atoms with Gasteiger partial charge in [0.2, 0.25) is 5.12 Å². The normalized spacial score (nSPS) is 12.5. The van der Waals surface area contributed by atoms with Crippen LogP contribution >= 0.6 is 11.8 Å². The molecule has 0 spiro atoms. The number of aliphatic hydroxyl groups is 1. The molecule has 0 aliphatic heterocycles. The lowest BCUT2D eigenvalue weighted by Crippen LogP contribution is -2.11. The van der Waals surface area contributed by atoms with E-state index in [0.29, 0.717) is 5.75 Å². The van der Waals surface area contributed by atoms with Gasteiger partial charge in [0.15, 0.2) is 0 Å². The fourth-order valence-electron chi connectivity index (χ4n) is 0.849. The Morgan fingerprint density at radius 1 is 1.46 bits per heavy atom. The minimum absolute atomic E-state index is 0.177. The molecular formula is C10H12O2S. The highest BCUT2D eigenvalue weighted by Gasteiger charge is 2.08. The maximum absolute atomic E-state index is 11.0. The molecule has 0 aliphatic carbocycles. The van der Waals surface area contributed by atoms with Crippen LogP contribution in [0.3, 0.4) is 0 Å². The van der Waals surface area contributed by atoms with Gasteiger partial charge in [0.1, 0.15) is 6.10 Å². The summed E-state index contributed by atoms with van der Waals surface area (Å²) >= 11 is 1.15. The molecular weight excluding hydrogens is 184 g/mol. The van der Waals surface area contributed by atoms with Crippen molar-refractivity contribution in [2.24, 2.45) is 0 Å². The monoisotopic (exact) mass is 196 g/mol. The van der Waals surface area contributed by atoms with Gasteiger partial charge in [0, 0.05) is 5.75 Å². The number of hydrogen-bond donors (Lipinski definition) is 1. The Morgan fingerprint density at radius 3 is 2.62 bits per heavy atom. The average Bonchev–Trinajstić information content (AvgIpc) is 2.15. The number of benzene rings is 1. The van der Waals surface area contributed by atoms with E-state index in [0.717, 1.165) is 17.3 Å². The van der Waals surface area contributed by atoms with E-state index in [2.05, 4.69) is 0 Å². The number of carbonyl (C=O) groups is 1. The van der Waals surface area contributed by atoms with Crippen LogP contribution in [0.25, 0.3) is 0 Å². The summed E-state index contributed by atoms with van der Waals surface area (Å²) < 4.78 is 0. The molecule has 0 radical (unpaired) electrons. The fraction of sp³-hybridized carbons (Fsp3) is 0.300. The van der Waals surface area contributed by atoms with Gasteiger partial charge in [-0.05, 0) is 12.5 Å². The van der Waals surface area contributed by atoms with Gasteiger partial charge in [-0.1, -0.05) is 42.1 Å². The molecule has 13 heavy (non-hydrogen) atoms. The van der Waals surface area contributed by atoms with Gasteiger partial charge in [0.05, 0.1) is 0 Å². The van der Waals surface area contributed by atoms with E-state index in [9.17, 15) is 4.79 Å². The number of hydrogen-bond acceptors (Lipinski definition) is 3. The molecule has 1 rings (SSSR count). The van der Waals surface area contributed by atoms with E-state index in [1.54, 1.807) is 0 Å². The van der Waals surface area contributed by atoms with Crippen LogP contribution in [0.5, 0.6) is 0 Å². The van der Waals surface area contributed by atoms with Crippen molar-refractivity contribution < 1.29 is 9.90 Å². The van der Waals surface area contributed by atoms with Gasteiger partial charge in [-0.3, -0.25) is 4.79 Å². The van der Waals surface area contributed by atoms with Crippen LogP contribution < -0.4 is 0 Å². The van der Waals surface area contributed by atoms with Crippen LogP contribution in [0.4, 0.5) is 0 Å². The lowest BCUT2D eigenvalue weighted by Gasteiger charge is -2.02. The van der Waals surface area contributed by atoms with E-state index in [-0.39, 0.29) is 5.12 Å². The minimum Gasteiger partial charge on any atom is -0.385 e. The molecule has 70 valence electrons. The summed E-state index contributed by atoms with van der Waals surface area (Å²) in [7, 11) is 0. The predicted octanol–water partition coefficient (Wildman–Crippen LogP) is 1.83. The van der Waals surface area contributed by atoms with E-state index < -0.39 is 6.10 Å². The van der Waals surface area contributed by atoms with Crippen LogP contribution in [0.2, 0.25) is 0 Å². The molecule has 1 N–H and O–H groups in total. The molecule has 0 saturated heterocycles. The zero-order chi connectivity index (χ0) is 9.68. The Labute approximate surface area is 82.0 Å². The predicted molar refractivity (Wildman–Crippen MR) is 54.4 cm³/mol. The number of carbonyl (C=O) groups excluding carboxylic acids is 1. The van der Waals surface area contributed by atoms with Crippen molar-refractivity contribution in [3.05, 3.63) is 35.9 Å². The van der Waals surface area contributed by atoms with Gasteiger partial charge in [-0.15, -0.1) is 0 Å². The second-order valence-corrected chi connectivity index (χ2v) is 3.75. The van der Waals surface area contributed by atoms with E-state index in [1.165, 1.54) is 6.92 Å². The molecule has 1 aromatic rings. The van der Waals surface area contributed by atoms with Crippen molar-refractivity contribution in [3.8, 4) is 0 Å². The van der Waals surface area contributed by atoms with Gasteiger partial charge in [0.25, 0.3) is 0 Å². The maximum atomic E-state index is 11.0. The first-order valence-corrected chi connectivity index (χ1v) is 5.07. The molecule has 0 fully saturated rings. The molecule has 0 amide bonds. The fourth-order valence-corrected chi connectivity index (χ4v) is 1.59. The third-order valence-electron chi connectivity index (χ3n) is 1.57. The van der Waals surface area contributed by atoms with Crippen LogP contribution in [0.15, 0.2) is 30.3 Å². The SMILES string of the molecule is C[C@@H](O)C(=O)SCc1ccccc1. The van der Waals surface area contributed by atoms with Crippen molar-refractivity contribution in [1.82, 2.24) is 0 Å². The quantitative estimate of drug-likeness (QED) is 0.801. The largest absolute Gasteiger partial charge is 0.385 e. The molecule has 0 heterocycles. The van der Waals surface area contributed by atoms with Crippen molar-refractivity contribution in [1.29, 1.82) is 0 Å². The molecule has 1 atom stereocenters. The first-order chi connectivity index (χ1) is 6.20. The van der Waals surface area contributed by atoms with Crippen LogP contribution in [-0.2, 0) is 10.5 Å². The van der Waals surface area contributed by atoms with Crippen LogP contribution in [0, 0.1) is 0 Å². The first kappa shape index (κ1) is 10.3. The molecule has 0 aromatic heterocycles. The van der Waals surface area contributed by atoms with E-state index in [4.69, 9.17) is 5.11 Å². The molecule has 0 unspecified atom stereocenters. The number of rotatable bonds is 3. The Bertz CT molecular complexity index is 270. The highest BCUT2D eigenvalue weighted by molar-refractivity contribution is 8.13. The summed E-state index contributed by atoms with van der Waals surface area (Å²) in [6.45, 7) is 1.49. The molecule has 2 nitrogen and oxygen atoms in total. The molecule has 3 heteroatoms. The zero-order valence-corrected chi connectivity index (χ0v) is 8.25. The summed E-state index contributed by atoms with van der Waals surface area (Å²) in [5, 5.41) is 8.75. The second-order valence-electron chi connectivity index (χ2n) is 2.77. The minimum atomic E-state index is -0.867. The second kappa shape index (κ2) is 5.04. The smallest absolute Gasteiger partial charge is 0.217 e. The zero-order valence-electron chi connectivity index (χ0n) is 7.43. The van der Waals surface area contributed by atoms with Crippen molar-refractivity contribution in [2.75, 3.05) is 0 Å². The highest BCUT2D eigenvalue weighted by atomic mass is 32.2. The Morgan fingerprint density at radius 2 is 2.08 bits per heavy atom. The summed E-state index contributed by atoms with van der Waals surface area (Å²) in [5.74, 6) is 0.630. The van der Waals surface area contributed by atoms with E-state index >= 15 is 0 Å². The first-order valence-electron chi connectivity index (χ1n) is 4.09. The van der Waals surface area contributed by atoms with Gasteiger partial charge in [-0.2, -0.15) is 0 Å². The van der Waals surface area contributed by atoms with Crippen molar-refractivity contribution in [2.45, 2.75) is 18.8 Å². The van der Waals surface area contributed by atoms with Crippen molar-refractivity contribution >= 4 is 16.9 Å². The summed E-state index contributed by atoms with van der Waals surface area (Å²) in [5.41, 5.74) is 1.10. The summed E-state index contributed by atoms with van der Waals surface area (Å²) in [6.07, 6.45) is -0.867. The number of thioether (sulfide) groups is 1. The third-order valence-corrected chi connectivity index (χ3v) is 2.67. The lowest BCUT2D eigenvalue weighted by atomic mass is 10.2. The summed E-state index contributed by atoms with van der Waals surface area (Å²) in [6, 6.07) is 9.72. The average molecular weight is 196 g/mol. The van der Waals surface area contributed by atoms with Crippen molar-refractivity contribution in [3.63, 3.8) is 0 Å². The standard InChI is InChI=1S/C10H12O2S/c1-8(11)10(12)13-7-9-5-3-2-4-6-9/h2-6,8,11H,7H2,1H3/t8-/m1/s1.